The van der Waals surface area contributed by atoms with Crippen molar-refractivity contribution in [3.8, 4) is 0 Å². The summed E-state index contributed by atoms with van der Waals surface area (Å²) in [6.45, 7) is 5.02. The molecular formula is C19H26N8. The summed E-state index contributed by atoms with van der Waals surface area (Å²) in [5.41, 5.74) is 2.07. The summed E-state index contributed by atoms with van der Waals surface area (Å²) in [4.78, 5) is 15.4. The lowest BCUT2D eigenvalue weighted by molar-refractivity contribution is 0.477. The van der Waals surface area contributed by atoms with E-state index >= 15 is 0 Å². The fourth-order valence-electron chi connectivity index (χ4n) is 2.84. The first-order valence-corrected chi connectivity index (χ1v) is 9.09. The zero-order chi connectivity index (χ0) is 19.1. The van der Waals surface area contributed by atoms with Crippen LogP contribution in [0.5, 0.6) is 0 Å². The first-order valence-electron chi connectivity index (χ1n) is 9.09. The lowest BCUT2D eigenvalue weighted by Crippen LogP contribution is -2.38. The average Bonchev–Trinajstić information content (AvgIpc) is 3.07. The molecule has 0 radical (unpaired) electrons. The van der Waals surface area contributed by atoms with E-state index in [0.717, 1.165) is 35.9 Å². The van der Waals surface area contributed by atoms with E-state index in [1.54, 1.807) is 17.2 Å². The highest BCUT2D eigenvalue weighted by Crippen LogP contribution is 2.17. The number of aromatic nitrogens is 4. The maximum atomic E-state index is 4.71. The maximum absolute atomic E-state index is 4.71. The van der Waals surface area contributed by atoms with Gasteiger partial charge >= 0.3 is 0 Å². The second-order valence-electron chi connectivity index (χ2n) is 6.23. The number of guanidine groups is 1. The van der Waals surface area contributed by atoms with Crippen LogP contribution in [0.25, 0.3) is 11.0 Å². The highest BCUT2D eigenvalue weighted by atomic mass is 15.3. The fraction of sp³-hybridized carbons (Fsp3) is 0.368. The number of hydrogen-bond donors (Lipinski definition) is 2. The Bertz CT molecular complexity index is 887. The molecule has 0 saturated heterocycles. The fourth-order valence-corrected chi connectivity index (χ4v) is 2.84. The molecule has 0 unspecified atom stereocenters. The molecule has 0 aliphatic rings. The average molecular weight is 366 g/mol. The summed E-state index contributed by atoms with van der Waals surface area (Å²) in [6.07, 6.45) is 3.33. The van der Waals surface area contributed by atoms with Gasteiger partial charge in [-0.15, -0.1) is 0 Å². The molecule has 142 valence electrons. The largest absolute Gasteiger partial charge is 0.367 e. The van der Waals surface area contributed by atoms with Crippen molar-refractivity contribution in [1.82, 2.24) is 30.0 Å². The van der Waals surface area contributed by atoms with Crippen LogP contribution in [0.1, 0.15) is 12.5 Å². The van der Waals surface area contributed by atoms with E-state index in [-0.39, 0.29) is 0 Å². The van der Waals surface area contributed by atoms with Gasteiger partial charge in [0.1, 0.15) is 12.1 Å². The highest BCUT2D eigenvalue weighted by molar-refractivity contribution is 5.86. The van der Waals surface area contributed by atoms with Crippen LogP contribution in [0, 0.1) is 0 Å². The van der Waals surface area contributed by atoms with Gasteiger partial charge in [0, 0.05) is 33.7 Å². The van der Waals surface area contributed by atoms with Gasteiger partial charge in [-0.1, -0.05) is 30.3 Å². The quantitative estimate of drug-likeness (QED) is 0.377. The third-order valence-corrected chi connectivity index (χ3v) is 4.15. The predicted molar refractivity (Wildman–Crippen MR) is 109 cm³/mol. The molecule has 1 aromatic carbocycles. The van der Waals surface area contributed by atoms with Gasteiger partial charge in [-0.2, -0.15) is 5.10 Å². The van der Waals surface area contributed by atoms with Gasteiger partial charge in [0.2, 0.25) is 0 Å². The molecule has 0 aliphatic heterocycles. The van der Waals surface area contributed by atoms with Crippen LogP contribution in [0.2, 0.25) is 0 Å². The van der Waals surface area contributed by atoms with E-state index in [9.17, 15) is 0 Å². The molecule has 0 saturated carbocycles. The number of fused-ring (bicyclic) bond motifs is 1. The summed E-state index contributed by atoms with van der Waals surface area (Å²) >= 11 is 0. The number of aliphatic imine (C=N–C) groups is 1. The van der Waals surface area contributed by atoms with Crippen LogP contribution in [0.3, 0.4) is 0 Å². The molecule has 8 nitrogen and oxygen atoms in total. The van der Waals surface area contributed by atoms with E-state index in [4.69, 9.17) is 4.99 Å². The first-order chi connectivity index (χ1) is 13.2. The number of benzene rings is 1. The van der Waals surface area contributed by atoms with Gasteiger partial charge in [0.25, 0.3) is 0 Å². The molecule has 2 N–H and O–H groups in total. The topological polar surface area (TPSA) is 83.3 Å². The van der Waals surface area contributed by atoms with E-state index < -0.39 is 0 Å². The number of nitrogens with zero attached hydrogens (tertiary/aromatic N) is 6. The lowest BCUT2D eigenvalue weighted by atomic mass is 10.2. The monoisotopic (exact) mass is 366 g/mol. The summed E-state index contributed by atoms with van der Waals surface area (Å²) < 4.78 is 1.74. The number of anilines is 1. The number of aryl methyl sites for hydroxylation is 1. The second kappa shape index (κ2) is 8.98. The van der Waals surface area contributed by atoms with Crippen molar-refractivity contribution in [3.63, 3.8) is 0 Å². The molecule has 2 heterocycles. The molecule has 8 heteroatoms. The Hall–Kier alpha value is -3.16. The third-order valence-electron chi connectivity index (χ3n) is 4.15. The van der Waals surface area contributed by atoms with Crippen molar-refractivity contribution in [2.75, 3.05) is 32.0 Å². The molecule has 0 amide bonds. The number of nitrogens with one attached hydrogen (secondary N) is 2. The van der Waals surface area contributed by atoms with Crippen LogP contribution >= 0.6 is 0 Å². The Morgan fingerprint density at radius 3 is 2.81 bits per heavy atom. The minimum atomic E-state index is 0.632. The SMILES string of the molecule is CCNC(=NCCNc1ncnc2c1cnn2C)N(C)Cc1ccccc1. The Morgan fingerprint density at radius 1 is 1.22 bits per heavy atom. The molecule has 0 aliphatic carbocycles. The van der Waals surface area contributed by atoms with Gasteiger partial charge < -0.3 is 15.5 Å². The van der Waals surface area contributed by atoms with Gasteiger partial charge in [-0.3, -0.25) is 9.67 Å². The minimum absolute atomic E-state index is 0.632. The molecule has 2 aromatic heterocycles. The zero-order valence-corrected chi connectivity index (χ0v) is 16.1. The smallest absolute Gasteiger partial charge is 0.194 e. The van der Waals surface area contributed by atoms with E-state index in [1.807, 2.05) is 20.2 Å². The maximum Gasteiger partial charge on any atom is 0.194 e. The van der Waals surface area contributed by atoms with Crippen molar-refractivity contribution in [1.29, 1.82) is 0 Å². The second-order valence-corrected chi connectivity index (χ2v) is 6.23. The van der Waals surface area contributed by atoms with Crippen LogP contribution in [0.4, 0.5) is 5.82 Å². The Labute approximate surface area is 159 Å². The Kier molecular flexibility index (Phi) is 6.19. The van der Waals surface area contributed by atoms with Crippen LogP contribution in [-0.4, -0.2) is 57.3 Å². The minimum Gasteiger partial charge on any atom is -0.367 e. The van der Waals surface area contributed by atoms with Gasteiger partial charge in [-0.25, -0.2) is 9.97 Å². The molecule has 3 aromatic rings. The zero-order valence-electron chi connectivity index (χ0n) is 16.1. The molecule has 0 fully saturated rings. The highest BCUT2D eigenvalue weighted by Gasteiger charge is 2.08. The molecule has 27 heavy (non-hydrogen) atoms. The number of hydrogen-bond acceptors (Lipinski definition) is 5. The van der Waals surface area contributed by atoms with Crippen LogP contribution in [-0.2, 0) is 13.6 Å². The Balaban J connectivity index is 1.59. The molecule has 0 bridgehead atoms. The molecule has 3 rings (SSSR count). The van der Waals surface area contributed by atoms with E-state index in [0.29, 0.717) is 13.1 Å². The molecule has 0 atom stereocenters. The van der Waals surface area contributed by atoms with Crippen molar-refractivity contribution < 1.29 is 0 Å². The van der Waals surface area contributed by atoms with E-state index in [1.165, 1.54) is 5.56 Å². The Morgan fingerprint density at radius 2 is 2.04 bits per heavy atom. The van der Waals surface area contributed by atoms with Crippen molar-refractivity contribution in [3.05, 3.63) is 48.4 Å². The van der Waals surface area contributed by atoms with Crippen LogP contribution in [0.15, 0.2) is 47.8 Å². The van der Waals surface area contributed by atoms with Gasteiger partial charge in [0.05, 0.1) is 18.1 Å². The van der Waals surface area contributed by atoms with Crippen LogP contribution < -0.4 is 10.6 Å². The van der Waals surface area contributed by atoms with Gasteiger partial charge in [0.15, 0.2) is 11.6 Å². The normalized spacial score (nSPS) is 11.6. The predicted octanol–water partition coefficient (Wildman–Crippen LogP) is 1.87. The third kappa shape index (κ3) is 4.72. The molecular weight excluding hydrogens is 340 g/mol. The first kappa shape index (κ1) is 18.6. The van der Waals surface area contributed by atoms with Crippen molar-refractivity contribution >= 4 is 22.8 Å². The molecule has 0 spiro atoms. The summed E-state index contributed by atoms with van der Waals surface area (Å²) in [5, 5.41) is 11.8. The van der Waals surface area contributed by atoms with Gasteiger partial charge in [-0.05, 0) is 12.5 Å². The van der Waals surface area contributed by atoms with Crippen molar-refractivity contribution in [2.24, 2.45) is 12.0 Å². The van der Waals surface area contributed by atoms with Crippen molar-refractivity contribution in [2.45, 2.75) is 13.5 Å². The summed E-state index contributed by atoms with van der Waals surface area (Å²) in [6, 6.07) is 10.4. The summed E-state index contributed by atoms with van der Waals surface area (Å²) in [7, 11) is 3.92. The van der Waals surface area contributed by atoms with E-state index in [2.05, 4.69) is 61.8 Å². The lowest BCUT2D eigenvalue weighted by Gasteiger charge is -2.22. The summed E-state index contributed by atoms with van der Waals surface area (Å²) in [5.74, 6) is 1.67. The standard InChI is InChI=1S/C19H26N8/c1-4-20-19(26(2)13-15-8-6-5-7-9-15)22-11-10-21-17-16-12-25-27(3)18(16)24-14-23-17/h5-9,12,14H,4,10-11,13H2,1-3H3,(H,20,22)(H,21,23,24). The number of rotatable bonds is 7.